The zero-order valence-corrected chi connectivity index (χ0v) is 14.4. The van der Waals surface area contributed by atoms with Crippen LogP contribution >= 0.6 is 35.6 Å². The van der Waals surface area contributed by atoms with E-state index in [4.69, 9.17) is 11.6 Å². The molecule has 0 radical (unpaired) electrons. The zero-order valence-electron chi connectivity index (χ0n) is 11.3. The van der Waals surface area contributed by atoms with E-state index in [2.05, 4.69) is 28.6 Å². The van der Waals surface area contributed by atoms with E-state index in [0.29, 0.717) is 6.04 Å². The van der Waals surface area contributed by atoms with Crippen LogP contribution in [0.5, 0.6) is 0 Å². The molecule has 1 aromatic carbocycles. The number of nitrogens with one attached hydrogen (secondary N) is 2. The van der Waals surface area contributed by atoms with E-state index in [1.165, 1.54) is 12.0 Å². The minimum atomic E-state index is 0. The van der Waals surface area contributed by atoms with Crippen molar-refractivity contribution >= 4 is 41.5 Å². The molecule has 2 N–H and O–H groups in total. The summed E-state index contributed by atoms with van der Waals surface area (Å²) < 4.78 is 0. The van der Waals surface area contributed by atoms with Crippen LogP contribution < -0.4 is 10.6 Å². The smallest absolute Gasteiger partial charge is 0.191 e. The summed E-state index contributed by atoms with van der Waals surface area (Å²) in [6.07, 6.45) is 2.19. The van der Waals surface area contributed by atoms with Gasteiger partial charge in [0, 0.05) is 24.7 Å². The van der Waals surface area contributed by atoms with E-state index >= 15 is 0 Å². The molecule has 5 heteroatoms. The lowest BCUT2D eigenvalue weighted by Crippen LogP contribution is -2.39. The number of guanidine groups is 1. The van der Waals surface area contributed by atoms with E-state index in [9.17, 15) is 0 Å². The Morgan fingerprint density at radius 1 is 1.47 bits per heavy atom. The Morgan fingerprint density at radius 2 is 2.21 bits per heavy atom. The summed E-state index contributed by atoms with van der Waals surface area (Å²) in [6.45, 7) is 3.11. The number of rotatable bonds is 4. The van der Waals surface area contributed by atoms with Crippen molar-refractivity contribution in [1.29, 1.82) is 0 Å². The Balaban J connectivity index is 0.00000180. The van der Waals surface area contributed by atoms with Gasteiger partial charge in [-0.25, -0.2) is 0 Å². The summed E-state index contributed by atoms with van der Waals surface area (Å²) in [7, 11) is 1.81. The third-order valence-electron chi connectivity index (χ3n) is 3.25. The Kier molecular flexibility index (Phi) is 6.93. The number of hydrogen-bond donors (Lipinski definition) is 2. The molecular formula is C14H21ClIN3. The number of hydrogen-bond acceptors (Lipinski definition) is 1. The molecule has 1 saturated carbocycles. The fraction of sp³-hybridized carbons (Fsp3) is 0.500. The van der Waals surface area contributed by atoms with Crippen molar-refractivity contribution in [1.82, 2.24) is 10.6 Å². The quantitative estimate of drug-likeness (QED) is 0.468. The molecule has 2 rings (SSSR count). The second-order valence-corrected chi connectivity index (χ2v) is 5.28. The van der Waals surface area contributed by atoms with E-state index in [0.717, 1.165) is 29.9 Å². The average Bonchev–Trinajstić information content (AvgIpc) is 3.04. The van der Waals surface area contributed by atoms with Crippen LogP contribution in [0, 0.1) is 5.92 Å². The second-order valence-electron chi connectivity index (χ2n) is 4.84. The molecule has 1 fully saturated rings. The van der Waals surface area contributed by atoms with Gasteiger partial charge in [-0.3, -0.25) is 4.99 Å². The number of nitrogens with zero attached hydrogens (tertiary/aromatic N) is 1. The minimum Gasteiger partial charge on any atom is -0.356 e. The first-order valence-electron chi connectivity index (χ1n) is 6.40. The number of benzene rings is 1. The van der Waals surface area contributed by atoms with Crippen molar-refractivity contribution in [2.75, 3.05) is 13.6 Å². The summed E-state index contributed by atoms with van der Waals surface area (Å²) in [5.41, 5.74) is 1.24. The molecule has 2 unspecified atom stereocenters. The van der Waals surface area contributed by atoms with Crippen molar-refractivity contribution in [3.8, 4) is 0 Å². The minimum absolute atomic E-state index is 0. The lowest BCUT2D eigenvalue weighted by molar-refractivity contribution is 0.758. The van der Waals surface area contributed by atoms with Crippen molar-refractivity contribution in [2.45, 2.75) is 25.8 Å². The predicted molar refractivity (Wildman–Crippen MR) is 92.6 cm³/mol. The predicted octanol–water partition coefficient (Wildman–Crippen LogP) is 3.07. The van der Waals surface area contributed by atoms with E-state index in [1.54, 1.807) is 0 Å². The van der Waals surface area contributed by atoms with Crippen molar-refractivity contribution in [3.63, 3.8) is 0 Å². The molecule has 2 atom stereocenters. The van der Waals surface area contributed by atoms with Crippen LogP contribution in [-0.4, -0.2) is 25.6 Å². The molecular weight excluding hydrogens is 373 g/mol. The van der Waals surface area contributed by atoms with Gasteiger partial charge in [0.1, 0.15) is 0 Å². The fourth-order valence-corrected chi connectivity index (χ4v) is 2.12. The van der Waals surface area contributed by atoms with Gasteiger partial charge in [-0.2, -0.15) is 0 Å². The molecule has 0 spiro atoms. The van der Waals surface area contributed by atoms with Crippen molar-refractivity contribution in [3.05, 3.63) is 34.9 Å². The largest absolute Gasteiger partial charge is 0.356 e. The highest BCUT2D eigenvalue weighted by molar-refractivity contribution is 14.0. The van der Waals surface area contributed by atoms with Crippen LogP contribution in [0.2, 0.25) is 5.02 Å². The normalized spacial score (nSPS) is 21.5. The van der Waals surface area contributed by atoms with E-state index in [-0.39, 0.29) is 24.0 Å². The molecule has 19 heavy (non-hydrogen) atoms. The third kappa shape index (κ3) is 5.57. The van der Waals surface area contributed by atoms with Crippen molar-refractivity contribution in [2.24, 2.45) is 10.9 Å². The molecule has 1 aliphatic carbocycles. The molecule has 1 aliphatic rings. The van der Waals surface area contributed by atoms with Crippen LogP contribution in [0.15, 0.2) is 29.3 Å². The maximum Gasteiger partial charge on any atom is 0.191 e. The molecule has 0 saturated heterocycles. The summed E-state index contributed by atoms with van der Waals surface area (Å²) >= 11 is 5.95. The Bertz CT molecular complexity index is 436. The Labute approximate surface area is 137 Å². The zero-order chi connectivity index (χ0) is 13.0. The molecule has 0 amide bonds. The van der Waals surface area contributed by atoms with Gasteiger partial charge in [0.05, 0.1) is 0 Å². The van der Waals surface area contributed by atoms with Crippen LogP contribution in [-0.2, 0) is 6.42 Å². The van der Waals surface area contributed by atoms with E-state index in [1.807, 2.05) is 25.2 Å². The monoisotopic (exact) mass is 393 g/mol. The molecule has 0 heterocycles. The molecule has 0 aromatic heterocycles. The molecule has 1 aromatic rings. The highest BCUT2D eigenvalue weighted by Crippen LogP contribution is 2.28. The Morgan fingerprint density at radius 3 is 2.79 bits per heavy atom. The first-order valence-corrected chi connectivity index (χ1v) is 6.78. The van der Waals surface area contributed by atoms with Gasteiger partial charge in [-0.05, 0) is 36.5 Å². The van der Waals surface area contributed by atoms with Gasteiger partial charge < -0.3 is 10.6 Å². The third-order valence-corrected chi connectivity index (χ3v) is 3.49. The average molecular weight is 394 g/mol. The van der Waals surface area contributed by atoms with Gasteiger partial charge in [0.2, 0.25) is 0 Å². The van der Waals surface area contributed by atoms with Gasteiger partial charge >= 0.3 is 0 Å². The standard InChI is InChI=1S/C14H20ClN3.HI/c1-10-8-13(10)18-14(16-2)17-7-6-11-4-3-5-12(15)9-11;/h3-5,9-10,13H,6-8H2,1-2H3,(H2,16,17,18);1H. The van der Waals surface area contributed by atoms with E-state index < -0.39 is 0 Å². The lowest BCUT2D eigenvalue weighted by atomic mass is 10.1. The second kappa shape index (κ2) is 7.94. The lowest BCUT2D eigenvalue weighted by Gasteiger charge is -2.11. The topological polar surface area (TPSA) is 36.4 Å². The highest BCUT2D eigenvalue weighted by Gasteiger charge is 2.33. The SMILES string of the molecule is CN=C(NCCc1cccc(Cl)c1)NC1CC1C.I. The van der Waals surface area contributed by atoms with Crippen LogP contribution in [0.4, 0.5) is 0 Å². The molecule has 106 valence electrons. The highest BCUT2D eigenvalue weighted by atomic mass is 127. The summed E-state index contributed by atoms with van der Waals surface area (Å²) in [5.74, 6) is 1.67. The molecule has 3 nitrogen and oxygen atoms in total. The molecule has 0 aliphatic heterocycles. The van der Waals surface area contributed by atoms with Crippen LogP contribution in [0.3, 0.4) is 0 Å². The first-order chi connectivity index (χ1) is 8.69. The first kappa shape index (κ1) is 16.6. The van der Waals surface area contributed by atoms with Gasteiger partial charge in [0.25, 0.3) is 0 Å². The molecule has 0 bridgehead atoms. The number of halogens is 2. The summed E-state index contributed by atoms with van der Waals surface area (Å²) in [6, 6.07) is 8.57. The van der Waals surface area contributed by atoms with Gasteiger partial charge in [-0.15, -0.1) is 24.0 Å². The Hall–Kier alpha value is -0.490. The maximum atomic E-state index is 5.95. The van der Waals surface area contributed by atoms with Crippen LogP contribution in [0.1, 0.15) is 18.9 Å². The van der Waals surface area contributed by atoms with Crippen molar-refractivity contribution < 1.29 is 0 Å². The maximum absolute atomic E-state index is 5.95. The van der Waals surface area contributed by atoms with Gasteiger partial charge in [0.15, 0.2) is 5.96 Å². The van der Waals surface area contributed by atoms with Gasteiger partial charge in [-0.1, -0.05) is 30.7 Å². The number of aliphatic imine (C=N–C) groups is 1. The summed E-state index contributed by atoms with van der Waals surface area (Å²) in [5, 5.41) is 7.52. The summed E-state index contributed by atoms with van der Waals surface area (Å²) in [4.78, 5) is 4.22. The fourth-order valence-electron chi connectivity index (χ4n) is 1.91. The van der Waals surface area contributed by atoms with Crippen LogP contribution in [0.25, 0.3) is 0 Å².